The van der Waals surface area contributed by atoms with Gasteiger partial charge in [0.15, 0.2) is 0 Å². The summed E-state index contributed by atoms with van der Waals surface area (Å²) in [6.07, 6.45) is -3.57. The van der Waals surface area contributed by atoms with Gasteiger partial charge >= 0.3 is 6.18 Å². The fraction of sp³-hybridized carbons (Fsp3) is 0.538. The van der Waals surface area contributed by atoms with Crippen molar-refractivity contribution in [1.82, 2.24) is 4.31 Å². The summed E-state index contributed by atoms with van der Waals surface area (Å²) in [5, 5.41) is -0.433. The van der Waals surface area contributed by atoms with E-state index in [4.69, 9.17) is 17.3 Å². The van der Waals surface area contributed by atoms with E-state index >= 15 is 0 Å². The largest absolute Gasteiger partial charge is 0.416 e. The lowest BCUT2D eigenvalue weighted by Gasteiger charge is -2.35. The molecule has 1 heterocycles. The van der Waals surface area contributed by atoms with Crippen molar-refractivity contribution >= 4 is 21.6 Å². The maximum Gasteiger partial charge on any atom is 0.416 e. The van der Waals surface area contributed by atoms with Crippen molar-refractivity contribution in [2.24, 2.45) is 5.73 Å². The van der Waals surface area contributed by atoms with Gasteiger partial charge in [0.25, 0.3) is 0 Å². The number of piperidine rings is 1. The summed E-state index contributed by atoms with van der Waals surface area (Å²) in [6, 6.07) is 1.85. The Kier molecular flexibility index (Phi) is 4.77. The zero-order chi connectivity index (χ0) is 16.7. The molecule has 2 N–H and O–H groups in total. The van der Waals surface area contributed by atoms with Gasteiger partial charge in [-0.1, -0.05) is 11.6 Å². The molecule has 1 aliphatic rings. The number of rotatable bonds is 2. The quantitative estimate of drug-likeness (QED) is 0.886. The molecule has 1 aliphatic heterocycles. The predicted octanol–water partition coefficient (Wildman–Crippen LogP) is 2.86. The van der Waals surface area contributed by atoms with E-state index in [0.29, 0.717) is 18.9 Å². The maximum absolute atomic E-state index is 12.6. The Morgan fingerprint density at radius 3 is 2.50 bits per heavy atom. The third-order valence-electron chi connectivity index (χ3n) is 3.70. The van der Waals surface area contributed by atoms with Crippen LogP contribution < -0.4 is 5.73 Å². The molecule has 4 nitrogen and oxygen atoms in total. The monoisotopic (exact) mass is 356 g/mol. The van der Waals surface area contributed by atoms with Crippen molar-refractivity contribution in [2.45, 2.75) is 42.9 Å². The summed E-state index contributed by atoms with van der Waals surface area (Å²) in [5.41, 5.74) is 4.81. The van der Waals surface area contributed by atoms with Crippen molar-refractivity contribution in [3.63, 3.8) is 0 Å². The summed E-state index contributed by atoms with van der Waals surface area (Å²) in [7, 11) is -3.95. The van der Waals surface area contributed by atoms with E-state index in [1.54, 1.807) is 6.92 Å². The minimum absolute atomic E-state index is 0.0791. The van der Waals surface area contributed by atoms with E-state index in [2.05, 4.69) is 0 Å². The number of benzene rings is 1. The summed E-state index contributed by atoms with van der Waals surface area (Å²) >= 11 is 5.79. The first-order chi connectivity index (χ1) is 10.0. The second-order valence-electron chi connectivity index (χ2n) is 5.39. The molecule has 1 saturated heterocycles. The highest BCUT2D eigenvalue weighted by Crippen LogP contribution is 2.35. The lowest BCUT2D eigenvalue weighted by atomic mass is 10.0. The average molecular weight is 357 g/mol. The first kappa shape index (κ1) is 17.5. The minimum Gasteiger partial charge on any atom is -0.328 e. The molecule has 0 spiro atoms. The van der Waals surface area contributed by atoms with Crippen LogP contribution in [0, 0.1) is 0 Å². The van der Waals surface area contributed by atoms with Crippen LogP contribution in [0.4, 0.5) is 13.2 Å². The highest BCUT2D eigenvalue weighted by atomic mass is 35.5. The fourth-order valence-electron chi connectivity index (χ4n) is 2.56. The minimum atomic E-state index is -4.57. The van der Waals surface area contributed by atoms with Crippen LogP contribution in [0.5, 0.6) is 0 Å². The summed E-state index contributed by atoms with van der Waals surface area (Å²) in [4.78, 5) is -0.315. The smallest absolute Gasteiger partial charge is 0.328 e. The third-order valence-corrected chi connectivity index (χ3v) is 6.20. The molecule has 0 bridgehead atoms. The van der Waals surface area contributed by atoms with Crippen molar-refractivity contribution in [1.29, 1.82) is 0 Å². The molecule has 2 rings (SSSR count). The number of nitrogens with zero attached hydrogens (tertiary/aromatic N) is 1. The van der Waals surface area contributed by atoms with Gasteiger partial charge in [0.05, 0.1) is 10.6 Å². The van der Waals surface area contributed by atoms with Gasteiger partial charge in [-0.3, -0.25) is 0 Å². The molecule has 0 radical (unpaired) electrons. The van der Waals surface area contributed by atoms with E-state index in [0.717, 1.165) is 12.1 Å². The molecular weight excluding hydrogens is 341 g/mol. The van der Waals surface area contributed by atoms with Crippen LogP contribution >= 0.6 is 11.6 Å². The molecule has 22 heavy (non-hydrogen) atoms. The second-order valence-corrected chi connectivity index (χ2v) is 7.66. The highest BCUT2D eigenvalue weighted by Gasteiger charge is 2.36. The van der Waals surface area contributed by atoms with Crippen molar-refractivity contribution in [3.8, 4) is 0 Å². The third kappa shape index (κ3) is 3.40. The van der Waals surface area contributed by atoms with Crippen molar-refractivity contribution in [3.05, 3.63) is 28.8 Å². The number of hydrogen-bond donors (Lipinski definition) is 1. The lowest BCUT2D eigenvalue weighted by molar-refractivity contribution is -0.137. The molecular formula is C13H16ClF3N2O2S. The number of nitrogens with two attached hydrogens (primary N) is 1. The zero-order valence-electron chi connectivity index (χ0n) is 11.8. The van der Waals surface area contributed by atoms with Gasteiger partial charge in [-0.15, -0.1) is 0 Å². The van der Waals surface area contributed by atoms with E-state index in [1.165, 1.54) is 4.31 Å². The van der Waals surface area contributed by atoms with E-state index in [1.807, 2.05) is 0 Å². The molecule has 2 atom stereocenters. The van der Waals surface area contributed by atoms with Crippen LogP contribution in [0.3, 0.4) is 0 Å². The molecule has 124 valence electrons. The Balaban J connectivity index is 2.38. The Morgan fingerprint density at radius 1 is 1.36 bits per heavy atom. The van der Waals surface area contributed by atoms with Gasteiger partial charge in [-0.25, -0.2) is 8.42 Å². The molecule has 0 aromatic heterocycles. The molecule has 0 amide bonds. The Morgan fingerprint density at radius 2 is 2.00 bits per heavy atom. The van der Waals surface area contributed by atoms with Crippen LogP contribution in [0.15, 0.2) is 23.1 Å². The lowest BCUT2D eigenvalue weighted by Crippen LogP contribution is -2.48. The zero-order valence-corrected chi connectivity index (χ0v) is 13.3. The Labute approximate surface area is 132 Å². The number of hydrogen-bond acceptors (Lipinski definition) is 3. The molecule has 0 unspecified atom stereocenters. The van der Waals surface area contributed by atoms with Gasteiger partial charge in [0.1, 0.15) is 4.90 Å². The molecule has 0 aliphatic carbocycles. The number of sulfonamides is 1. The van der Waals surface area contributed by atoms with Gasteiger partial charge < -0.3 is 5.73 Å². The number of alkyl halides is 3. The fourth-order valence-corrected chi connectivity index (χ4v) is 4.73. The van der Waals surface area contributed by atoms with Crippen LogP contribution in [0.2, 0.25) is 5.02 Å². The summed E-state index contributed by atoms with van der Waals surface area (Å²) in [5.74, 6) is 0. The van der Waals surface area contributed by atoms with Gasteiger partial charge in [0.2, 0.25) is 10.0 Å². The van der Waals surface area contributed by atoms with Crippen molar-refractivity contribution in [2.75, 3.05) is 6.54 Å². The van der Waals surface area contributed by atoms with Gasteiger partial charge in [0, 0.05) is 18.6 Å². The summed E-state index contributed by atoms with van der Waals surface area (Å²) in [6.45, 7) is 1.94. The molecule has 0 saturated carbocycles. The van der Waals surface area contributed by atoms with E-state index in [-0.39, 0.29) is 23.5 Å². The standard InChI is InChI=1S/C13H16ClF3N2O2S/c1-8-6-10(18)4-5-19(8)22(20,21)12-3-2-9(7-11(12)14)13(15,16)17/h2-3,7-8,10H,4-6,18H2,1H3/t8-,10-/m0/s1. The van der Waals surface area contributed by atoms with Crippen LogP contribution in [0.1, 0.15) is 25.3 Å². The maximum atomic E-state index is 12.6. The van der Waals surface area contributed by atoms with Crippen LogP contribution in [0.25, 0.3) is 0 Å². The SMILES string of the molecule is C[C@H]1C[C@@H](N)CCN1S(=O)(=O)c1ccc(C(F)(F)F)cc1Cl. The number of halogens is 4. The van der Waals surface area contributed by atoms with Crippen molar-refractivity contribution < 1.29 is 21.6 Å². The average Bonchev–Trinajstić information content (AvgIpc) is 2.36. The highest BCUT2D eigenvalue weighted by molar-refractivity contribution is 7.89. The predicted molar refractivity (Wildman–Crippen MR) is 77.0 cm³/mol. The van der Waals surface area contributed by atoms with Gasteiger partial charge in [-0.05, 0) is 38.0 Å². The molecule has 9 heteroatoms. The Bertz CT molecular complexity index is 664. The van der Waals surface area contributed by atoms with E-state index < -0.39 is 26.8 Å². The first-order valence-electron chi connectivity index (χ1n) is 6.67. The van der Waals surface area contributed by atoms with Crippen LogP contribution in [-0.2, 0) is 16.2 Å². The molecule has 1 aromatic rings. The first-order valence-corrected chi connectivity index (χ1v) is 8.49. The second kappa shape index (κ2) is 5.99. The normalized spacial score (nSPS) is 24.5. The van der Waals surface area contributed by atoms with Gasteiger partial charge in [-0.2, -0.15) is 17.5 Å². The molecule has 1 aromatic carbocycles. The van der Waals surface area contributed by atoms with E-state index in [9.17, 15) is 21.6 Å². The molecule has 1 fully saturated rings. The summed E-state index contributed by atoms with van der Waals surface area (Å²) < 4.78 is 64.3. The van der Waals surface area contributed by atoms with Crippen LogP contribution in [-0.4, -0.2) is 31.4 Å². The Hall–Kier alpha value is -0.830. The topological polar surface area (TPSA) is 63.4 Å².